The maximum atomic E-state index is 6.92. The summed E-state index contributed by atoms with van der Waals surface area (Å²) in [5.41, 5.74) is 7.11. The van der Waals surface area contributed by atoms with Gasteiger partial charge in [0.2, 0.25) is 0 Å². The molecule has 1 aliphatic heterocycles. The van der Waals surface area contributed by atoms with Crippen LogP contribution in [0.2, 0.25) is 0 Å². The van der Waals surface area contributed by atoms with Gasteiger partial charge in [-0.2, -0.15) is 0 Å². The molecule has 0 aromatic heterocycles. The van der Waals surface area contributed by atoms with Gasteiger partial charge < -0.3 is 10.5 Å². The standard InChI is InChI=1S/C15H25NO/c16-15(11-4-6-17-7-5-11)9-10-8-14(15)13-3-1-2-12(10)13/h10-14H,1-9,16H2. The summed E-state index contributed by atoms with van der Waals surface area (Å²) in [6.45, 7) is 1.91. The van der Waals surface area contributed by atoms with Gasteiger partial charge in [-0.25, -0.2) is 0 Å². The van der Waals surface area contributed by atoms with E-state index >= 15 is 0 Å². The largest absolute Gasteiger partial charge is 0.381 e. The van der Waals surface area contributed by atoms with E-state index in [0.29, 0.717) is 0 Å². The highest BCUT2D eigenvalue weighted by atomic mass is 16.5. The number of hydrogen-bond acceptors (Lipinski definition) is 2. The van der Waals surface area contributed by atoms with Crippen LogP contribution in [0.5, 0.6) is 0 Å². The molecule has 5 unspecified atom stereocenters. The van der Waals surface area contributed by atoms with Crippen molar-refractivity contribution in [2.45, 2.75) is 50.5 Å². The van der Waals surface area contributed by atoms with E-state index in [1.54, 1.807) is 0 Å². The van der Waals surface area contributed by atoms with Gasteiger partial charge in [-0.15, -0.1) is 0 Å². The molecule has 0 aromatic carbocycles. The van der Waals surface area contributed by atoms with Crippen LogP contribution in [-0.4, -0.2) is 18.8 Å². The van der Waals surface area contributed by atoms with Crippen molar-refractivity contribution in [3.8, 4) is 0 Å². The van der Waals surface area contributed by atoms with Crippen LogP contribution in [-0.2, 0) is 4.74 Å². The smallest absolute Gasteiger partial charge is 0.0469 e. The van der Waals surface area contributed by atoms with E-state index in [1.165, 1.54) is 44.9 Å². The first-order valence-electron chi connectivity index (χ1n) is 7.65. The van der Waals surface area contributed by atoms with Gasteiger partial charge in [0.1, 0.15) is 0 Å². The number of nitrogens with two attached hydrogens (primary N) is 1. The van der Waals surface area contributed by atoms with E-state index in [-0.39, 0.29) is 5.54 Å². The van der Waals surface area contributed by atoms with Gasteiger partial charge in [-0.05, 0) is 68.1 Å². The summed E-state index contributed by atoms with van der Waals surface area (Å²) in [4.78, 5) is 0. The lowest BCUT2D eigenvalue weighted by Crippen LogP contribution is -2.55. The van der Waals surface area contributed by atoms with E-state index in [4.69, 9.17) is 10.5 Å². The minimum Gasteiger partial charge on any atom is -0.381 e. The van der Waals surface area contributed by atoms with Crippen molar-refractivity contribution in [2.24, 2.45) is 35.3 Å². The molecule has 5 atom stereocenters. The Hall–Kier alpha value is -0.0800. The van der Waals surface area contributed by atoms with Gasteiger partial charge in [-0.1, -0.05) is 6.42 Å². The number of hydrogen-bond donors (Lipinski definition) is 1. The Kier molecular flexibility index (Phi) is 2.36. The number of fused-ring (bicyclic) bond motifs is 5. The number of ether oxygens (including phenoxy) is 1. The fourth-order valence-electron chi connectivity index (χ4n) is 5.94. The monoisotopic (exact) mass is 235 g/mol. The summed E-state index contributed by atoms with van der Waals surface area (Å²) in [5, 5.41) is 0. The molecule has 4 fully saturated rings. The molecule has 0 radical (unpaired) electrons. The Labute approximate surface area is 104 Å². The van der Waals surface area contributed by atoms with Crippen LogP contribution in [0.3, 0.4) is 0 Å². The summed E-state index contributed by atoms with van der Waals surface area (Å²) < 4.78 is 5.52. The highest BCUT2D eigenvalue weighted by Crippen LogP contribution is 2.63. The minimum absolute atomic E-state index is 0.194. The van der Waals surface area contributed by atoms with Gasteiger partial charge in [0.25, 0.3) is 0 Å². The Balaban J connectivity index is 1.59. The Morgan fingerprint density at radius 1 is 1.00 bits per heavy atom. The lowest BCUT2D eigenvalue weighted by atomic mass is 9.64. The third kappa shape index (κ3) is 1.40. The Morgan fingerprint density at radius 2 is 1.76 bits per heavy atom. The van der Waals surface area contributed by atoms with Gasteiger partial charge in [-0.3, -0.25) is 0 Å². The van der Waals surface area contributed by atoms with E-state index in [0.717, 1.165) is 42.8 Å². The van der Waals surface area contributed by atoms with E-state index in [1.807, 2.05) is 0 Å². The molecular formula is C15H25NO. The maximum absolute atomic E-state index is 6.92. The van der Waals surface area contributed by atoms with Crippen molar-refractivity contribution in [1.29, 1.82) is 0 Å². The first-order chi connectivity index (χ1) is 8.29. The molecule has 17 heavy (non-hydrogen) atoms. The topological polar surface area (TPSA) is 35.2 Å². The summed E-state index contributed by atoms with van der Waals surface area (Å²) in [6, 6.07) is 0. The van der Waals surface area contributed by atoms with Gasteiger partial charge in [0.05, 0.1) is 0 Å². The molecule has 0 aromatic rings. The lowest BCUT2D eigenvalue weighted by molar-refractivity contribution is 0.00776. The van der Waals surface area contributed by atoms with E-state index in [9.17, 15) is 0 Å². The van der Waals surface area contributed by atoms with Gasteiger partial charge >= 0.3 is 0 Å². The average molecular weight is 235 g/mol. The first kappa shape index (κ1) is 10.8. The molecule has 2 N–H and O–H groups in total. The molecule has 0 spiro atoms. The van der Waals surface area contributed by atoms with E-state index in [2.05, 4.69) is 0 Å². The second-order valence-corrected chi connectivity index (χ2v) is 7.06. The second kappa shape index (κ2) is 3.71. The second-order valence-electron chi connectivity index (χ2n) is 7.06. The van der Waals surface area contributed by atoms with Crippen LogP contribution in [0.1, 0.15) is 44.9 Å². The van der Waals surface area contributed by atoms with Crippen LogP contribution >= 0.6 is 0 Å². The highest BCUT2D eigenvalue weighted by molar-refractivity contribution is 5.14. The Bertz CT molecular complexity index is 312. The van der Waals surface area contributed by atoms with Crippen LogP contribution < -0.4 is 5.73 Å². The third-order valence-electron chi connectivity index (χ3n) is 6.59. The minimum atomic E-state index is 0.194. The van der Waals surface area contributed by atoms with Crippen molar-refractivity contribution in [1.82, 2.24) is 0 Å². The third-order valence-corrected chi connectivity index (χ3v) is 6.59. The first-order valence-corrected chi connectivity index (χ1v) is 7.65. The van der Waals surface area contributed by atoms with Crippen molar-refractivity contribution in [3.63, 3.8) is 0 Å². The molecule has 2 bridgehead atoms. The molecule has 1 saturated heterocycles. The molecule has 96 valence electrons. The predicted molar refractivity (Wildman–Crippen MR) is 67.5 cm³/mol. The molecular weight excluding hydrogens is 210 g/mol. The van der Waals surface area contributed by atoms with Crippen molar-refractivity contribution >= 4 is 0 Å². The molecule has 2 nitrogen and oxygen atoms in total. The van der Waals surface area contributed by atoms with Crippen molar-refractivity contribution in [2.75, 3.05) is 13.2 Å². The zero-order valence-electron chi connectivity index (χ0n) is 10.7. The fraction of sp³-hybridized carbons (Fsp3) is 1.00. The molecule has 3 aliphatic carbocycles. The fourth-order valence-corrected chi connectivity index (χ4v) is 5.94. The lowest BCUT2D eigenvalue weighted by Gasteiger charge is -2.46. The molecule has 0 amide bonds. The van der Waals surface area contributed by atoms with Crippen LogP contribution in [0, 0.1) is 29.6 Å². The van der Waals surface area contributed by atoms with Crippen LogP contribution in [0.4, 0.5) is 0 Å². The molecule has 1 heterocycles. The average Bonchev–Trinajstić information content (AvgIpc) is 3.00. The highest BCUT2D eigenvalue weighted by Gasteiger charge is 2.61. The number of rotatable bonds is 1. The van der Waals surface area contributed by atoms with Crippen LogP contribution in [0.25, 0.3) is 0 Å². The zero-order valence-corrected chi connectivity index (χ0v) is 10.7. The van der Waals surface area contributed by atoms with E-state index < -0.39 is 0 Å². The summed E-state index contributed by atoms with van der Waals surface area (Å²) in [7, 11) is 0. The van der Waals surface area contributed by atoms with Gasteiger partial charge in [0, 0.05) is 18.8 Å². The quantitative estimate of drug-likeness (QED) is 0.758. The Morgan fingerprint density at radius 3 is 2.59 bits per heavy atom. The normalized spacial score (nSPS) is 54.2. The van der Waals surface area contributed by atoms with Gasteiger partial charge in [0.15, 0.2) is 0 Å². The maximum Gasteiger partial charge on any atom is 0.0469 e. The molecule has 4 aliphatic rings. The SMILES string of the molecule is NC1(C2CCOCC2)CC2CC1C1CCCC21. The van der Waals surface area contributed by atoms with Crippen LogP contribution in [0.15, 0.2) is 0 Å². The van der Waals surface area contributed by atoms with Crippen molar-refractivity contribution in [3.05, 3.63) is 0 Å². The zero-order chi connectivity index (χ0) is 11.5. The molecule has 2 heteroatoms. The molecule has 3 saturated carbocycles. The van der Waals surface area contributed by atoms with Crippen molar-refractivity contribution < 1.29 is 4.74 Å². The predicted octanol–water partition coefficient (Wildman–Crippen LogP) is 2.57. The summed E-state index contributed by atoms with van der Waals surface area (Å²) in [6.07, 6.45) is 9.71. The summed E-state index contributed by atoms with van der Waals surface area (Å²) >= 11 is 0. The molecule has 4 rings (SSSR count). The summed E-state index contributed by atoms with van der Waals surface area (Å²) in [5.74, 6) is 4.68.